The van der Waals surface area contributed by atoms with Crippen molar-refractivity contribution < 1.29 is 4.79 Å². The Morgan fingerprint density at radius 2 is 2.25 bits per heavy atom. The Hall–Kier alpha value is -0.740. The maximum atomic E-state index is 10.9. The van der Waals surface area contributed by atoms with E-state index in [1.54, 1.807) is 6.92 Å². The van der Waals surface area contributed by atoms with Gasteiger partial charge < -0.3 is 11.1 Å². The number of hydrogen-bond donors (Lipinski definition) is 2. The molecule has 0 saturated carbocycles. The van der Waals surface area contributed by atoms with E-state index in [0.717, 1.165) is 15.7 Å². The fourth-order valence-electron chi connectivity index (χ4n) is 1.15. The molecule has 0 spiro atoms. The smallest absolute Gasteiger partial charge is 0.222 e. The van der Waals surface area contributed by atoms with E-state index >= 15 is 0 Å². The molecule has 1 aromatic carbocycles. The number of aryl methyl sites for hydroxylation is 1. The third-order valence-electron chi connectivity index (χ3n) is 2.33. The van der Waals surface area contributed by atoms with Crippen LogP contribution in [0.4, 0.5) is 5.69 Å². The molecule has 16 heavy (non-hydrogen) atoms. The van der Waals surface area contributed by atoms with E-state index in [1.165, 1.54) is 0 Å². The Morgan fingerprint density at radius 3 is 2.81 bits per heavy atom. The van der Waals surface area contributed by atoms with Crippen LogP contribution in [-0.2, 0) is 4.79 Å². The summed E-state index contributed by atoms with van der Waals surface area (Å²) in [4.78, 5) is 10.9. The maximum absolute atomic E-state index is 10.9. The fourth-order valence-corrected chi connectivity index (χ4v) is 1.91. The van der Waals surface area contributed by atoms with E-state index in [2.05, 4.69) is 21.2 Å². The number of amides is 1. The molecule has 1 rings (SSSR count). The van der Waals surface area contributed by atoms with Gasteiger partial charge in [0.25, 0.3) is 0 Å². The molecule has 1 unspecified atom stereocenters. The number of rotatable bonds is 4. The standard InChI is InChI=1S/C11H14BrClN2O/c1-6-3-8(12)10(4-9(6)13)15-5-7(2)11(14)16/h3-4,7,15H,5H2,1-2H3,(H2,14,16). The zero-order valence-corrected chi connectivity index (χ0v) is 11.5. The predicted molar refractivity (Wildman–Crippen MR) is 70.7 cm³/mol. The van der Waals surface area contributed by atoms with Crippen molar-refractivity contribution in [1.29, 1.82) is 0 Å². The predicted octanol–water partition coefficient (Wildman–Crippen LogP) is 2.94. The van der Waals surface area contributed by atoms with E-state index in [0.29, 0.717) is 11.6 Å². The van der Waals surface area contributed by atoms with Gasteiger partial charge in [0.1, 0.15) is 0 Å². The van der Waals surface area contributed by atoms with Crippen molar-refractivity contribution in [2.24, 2.45) is 11.7 Å². The molecule has 0 aliphatic rings. The summed E-state index contributed by atoms with van der Waals surface area (Å²) in [5.41, 5.74) is 7.04. The minimum atomic E-state index is -0.318. The van der Waals surface area contributed by atoms with Crippen LogP contribution in [0.3, 0.4) is 0 Å². The first kappa shape index (κ1) is 13.3. The first-order valence-corrected chi connectivity index (χ1v) is 6.07. The quantitative estimate of drug-likeness (QED) is 0.898. The first-order chi connectivity index (χ1) is 7.41. The topological polar surface area (TPSA) is 55.1 Å². The minimum Gasteiger partial charge on any atom is -0.383 e. The first-order valence-electron chi connectivity index (χ1n) is 4.90. The lowest BCUT2D eigenvalue weighted by Crippen LogP contribution is -2.26. The molecule has 0 bridgehead atoms. The molecule has 3 N–H and O–H groups in total. The second-order valence-electron chi connectivity index (χ2n) is 3.77. The van der Waals surface area contributed by atoms with Crippen LogP contribution < -0.4 is 11.1 Å². The molecule has 1 atom stereocenters. The Morgan fingerprint density at radius 1 is 1.62 bits per heavy atom. The summed E-state index contributed by atoms with van der Waals surface area (Å²) in [5.74, 6) is -0.534. The summed E-state index contributed by atoms with van der Waals surface area (Å²) in [5, 5.41) is 3.82. The van der Waals surface area contributed by atoms with Gasteiger partial charge in [-0.1, -0.05) is 18.5 Å². The van der Waals surface area contributed by atoms with Crippen LogP contribution in [-0.4, -0.2) is 12.5 Å². The molecule has 0 radical (unpaired) electrons. The molecule has 0 heterocycles. The number of anilines is 1. The third-order valence-corrected chi connectivity index (χ3v) is 3.40. The molecule has 1 amide bonds. The zero-order valence-electron chi connectivity index (χ0n) is 9.18. The normalized spacial score (nSPS) is 12.2. The molecular formula is C11H14BrClN2O. The second kappa shape index (κ2) is 5.55. The minimum absolute atomic E-state index is 0.216. The van der Waals surface area contributed by atoms with E-state index in [4.69, 9.17) is 17.3 Å². The molecule has 1 aromatic rings. The summed E-state index contributed by atoms with van der Waals surface area (Å²) in [6.45, 7) is 4.20. The van der Waals surface area contributed by atoms with Crippen LogP contribution in [0.5, 0.6) is 0 Å². The lowest BCUT2D eigenvalue weighted by molar-refractivity contribution is -0.120. The van der Waals surface area contributed by atoms with Crippen molar-refractivity contribution in [2.45, 2.75) is 13.8 Å². The van der Waals surface area contributed by atoms with Gasteiger partial charge in [-0.25, -0.2) is 0 Å². The number of hydrogen-bond acceptors (Lipinski definition) is 2. The SMILES string of the molecule is Cc1cc(Br)c(NCC(C)C(N)=O)cc1Cl. The van der Waals surface area contributed by atoms with Gasteiger partial charge >= 0.3 is 0 Å². The van der Waals surface area contributed by atoms with Gasteiger partial charge in [0.15, 0.2) is 0 Å². The highest BCUT2D eigenvalue weighted by molar-refractivity contribution is 9.10. The van der Waals surface area contributed by atoms with Gasteiger partial charge in [0, 0.05) is 21.7 Å². The van der Waals surface area contributed by atoms with Gasteiger partial charge in [0.05, 0.1) is 5.92 Å². The number of carbonyl (C=O) groups excluding carboxylic acids is 1. The Bertz CT molecular complexity index is 409. The van der Waals surface area contributed by atoms with Crippen LogP contribution in [0.1, 0.15) is 12.5 Å². The average Bonchev–Trinajstić information content (AvgIpc) is 2.20. The Balaban J connectivity index is 2.74. The monoisotopic (exact) mass is 304 g/mol. The molecule has 5 heteroatoms. The van der Waals surface area contributed by atoms with Crippen molar-refractivity contribution in [1.82, 2.24) is 0 Å². The average molecular weight is 306 g/mol. The van der Waals surface area contributed by atoms with Crippen LogP contribution in [0.2, 0.25) is 5.02 Å². The lowest BCUT2D eigenvalue weighted by Gasteiger charge is -2.13. The summed E-state index contributed by atoms with van der Waals surface area (Å²) in [6, 6.07) is 3.76. The second-order valence-corrected chi connectivity index (χ2v) is 5.03. The number of benzene rings is 1. The van der Waals surface area contributed by atoms with Crippen molar-refractivity contribution in [2.75, 3.05) is 11.9 Å². The summed E-state index contributed by atoms with van der Waals surface area (Å²) in [6.07, 6.45) is 0. The van der Waals surface area contributed by atoms with Crippen molar-refractivity contribution >= 4 is 39.1 Å². The van der Waals surface area contributed by atoms with E-state index in [-0.39, 0.29) is 11.8 Å². The maximum Gasteiger partial charge on any atom is 0.222 e. The number of nitrogens with one attached hydrogen (secondary N) is 1. The van der Waals surface area contributed by atoms with E-state index in [1.807, 2.05) is 19.1 Å². The van der Waals surface area contributed by atoms with Crippen LogP contribution >= 0.6 is 27.5 Å². The van der Waals surface area contributed by atoms with Gasteiger partial charge in [-0.05, 0) is 40.5 Å². The highest BCUT2D eigenvalue weighted by Gasteiger charge is 2.10. The number of carbonyl (C=O) groups is 1. The summed E-state index contributed by atoms with van der Waals surface area (Å²) in [7, 11) is 0. The molecule has 0 aromatic heterocycles. The van der Waals surface area contributed by atoms with Gasteiger partial charge in [-0.2, -0.15) is 0 Å². The third kappa shape index (κ3) is 3.39. The molecular weight excluding hydrogens is 291 g/mol. The van der Waals surface area contributed by atoms with Crippen molar-refractivity contribution in [3.63, 3.8) is 0 Å². The molecule has 0 fully saturated rings. The summed E-state index contributed by atoms with van der Waals surface area (Å²) < 4.78 is 0.922. The molecule has 0 aliphatic heterocycles. The van der Waals surface area contributed by atoms with Gasteiger partial charge in [0.2, 0.25) is 5.91 Å². The zero-order chi connectivity index (χ0) is 12.3. The highest BCUT2D eigenvalue weighted by atomic mass is 79.9. The lowest BCUT2D eigenvalue weighted by atomic mass is 10.1. The van der Waals surface area contributed by atoms with Crippen LogP contribution in [0.25, 0.3) is 0 Å². The molecule has 0 aliphatic carbocycles. The highest BCUT2D eigenvalue weighted by Crippen LogP contribution is 2.29. The fraction of sp³-hybridized carbons (Fsp3) is 0.364. The largest absolute Gasteiger partial charge is 0.383 e. The van der Waals surface area contributed by atoms with Crippen molar-refractivity contribution in [3.8, 4) is 0 Å². The van der Waals surface area contributed by atoms with Crippen LogP contribution in [0, 0.1) is 12.8 Å². The van der Waals surface area contributed by atoms with Gasteiger partial charge in [-0.3, -0.25) is 4.79 Å². The molecule has 88 valence electrons. The van der Waals surface area contributed by atoms with Gasteiger partial charge in [-0.15, -0.1) is 0 Å². The van der Waals surface area contributed by atoms with Crippen LogP contribution in [0.15, 0.2) is 16.6 Å². The van der Waals surface area contributed by atoms with Crippen molar-refractivity contribution in [3.05, 3.63) is 27.2 Å². The summed E-state index contributed by atoms with van der Waals surface area (Å²) >= 11 is 9.44. The van der Waals surface area contributed by atoms with E-state index in [9.17, 15) is 4.79 Å². The molecule has 3 nitrogen and oxygen atoms in total. The Kier molecular flexibility index (Phi) is 4.62. The number of halogens is 2. The van der Waals surface area contributed by atoms with E-state index < -0.39 is 0 Å². The number of primary amides is 1. The number of nitrogens with two attached hydrogens (primary N) is 1. The Labute approximate surface area is 108 Å². The molecule has 0 saturated heterocycles.